The first kappa shape index (κ1) is 21.3. The lowest BCUT2D eigenvalue weighted by Crippen LogP contribution is -2.08. The van der Waals surface area contributed by atoms with Gasteiger partial charge in [-0.05, 0) is 12.1 Å². The van der Waals surface area contributed by atoms with Crippen LogP contribution in [-0.2, 0) is 6.18 Å². The van der Waals surface area contributed by atoms with Crippen LogP contribution in [0.15, 0.2) is 28.7 Å². The molecule has 148 valence electrons. The van der Waals surface area contributed by atoms with Crippen molar-refractivity contribution in [3.05, 3.63) is 69.7 Å². The summed E-state index contributed by atoms with van der Waals surface area (Å²) in [6, 6.07) is 2.28. The van der Waals surface area contributed by atoms with Crippen LogP contribution in [0, 0.1) is 30.3 Å². The van der Waals surface area contributed by atoms with E-state index >= 15 is 0 Å². The van der Waals surface area contributed by atoms with Crippen molar-refractivity contribution in [1.82, 2.24) is 0 Å². The Hall–Kier alpha value is -3.00. The maximum absolute atomic E-state index is 12.9. The molecule has 28 heavy (non-hydrogen) atoms. The molecule has 0 saturated carbocycles. The van der Waals surface area contributed by atoms with E-state index in [1.54, 1.807) is 0 Å². The maximum atomic E-state index is 12.9. The standard InChI is InChI=1S/C13H5BrClF3N4O6/c14-7-4-9(8(15)3-6(7)13(16,17)18)19-12-10(21(25)26)1-5(20(23)24)2-11(12)22(27)28/h1-4,19H. The first-order valence-electron chi connectivity index (χ1n) is 6.77. The molecular formula is C13H5BrClF3N4O6. The predicted molar refractivity (Wildman–Crippen MR) is 93.8 cm³/mol. The molecule has 2 aromatic carbocycles. The highest BCUT2D eigenvalue weighted by atomic mass is 79.9. The van der Waals surface area contributed by atoms with Gasteiger partial charge in [0.2, 0.25) is 0 Å². The zero-order chi connectivity index (χ0) is 21.4. The van der Waals surface area contributed by atoms with E-state index in [0.29, 0.717) is 18.2 Å². The molecule has 0 spiro atoms. The molecule has 0 amide bonds. The van der Waals surface area contributed by atoms with Crippen LogP contribution in [0.1, 0.15) is 5.56 Å². The number of hydrogen-bond acceptors (Lipinski definition) is 7. The molecule has 0 fully saturated rings. The van der Waals surface area contributed by atoms with Gasteiger partial charge in [-0.3, -0.25) is 30.3 Å². The second-order valence-electron chi connectivity index (χ2n) is 5.07. The molecule has 0 aliphatic heterocycles. The highest BCUT2D eigenvalue weighted by Gasteiger charge is 2.35. The second-order valence-corrected chi connectivity index (χ2v) is 6.33. The molecule has 0 heterocycles. The van der Waals surface area contributed by atoms with E-state index in [4.69, 9.17) is 11.6 Å². The van der Waals surface area contributed by atoms with Gasteiger partial charge in [0.25, 0.3) is 5.69 Å². The van der Waals surface area contributed by atoms with Crippen molar-refractivity contribution in [1.29, 1.82) is 0 Å². The van der Waals surface area contributed by atoms with E-state index < -0.39 is 58.8 Å². The van der Waals surface area contributed by atoms with E-state index in [1.165, 1.54) is 0 Å². The number of halogens is 5. The van der Waals surface area contributed by atoms with Gasteiger partial charge in [-0.15, -0.1) is 0 Å². The average Bonchev–Trinajstić information content (AvgIpc) is 2.56. The fourth-order valence-electron chi connectivity index (χ4n) is 2.11. The number of alkyl halides is 3. The average molecular weight is 486 g/mol. The molecule has 0 atom stereocenters. The third kappa shape index (κ3) is 4.28. The van der Waals surface area contributed by atoms with E-state index in [1.807, 2.05) is 0 Å². The van der Waals surface area contributed by atoms with Gasteiger partial charge in [0, 0.05) is 4.47 Å². The number of nitro groups is 3. The second kappa shape index (κ2) is 7.55. The minimum atomic E-state index is -4.76. The van der Waals surface area contributed by atoms with Crippen LogP contribution in [0.5, 0.6) is 0 Å². The molecule has 0 unspecified atom stereocenters. The van der Waals surface area contributed by atoms with Crippen LogP contribution in [0.4, 0.5) is 41.6 Å². The molecular weight excluding hydrogens is 481 g/mol. The van der Waals surface area contributed by atoms with Gasteiger partial charge in [-0.1, -0.05) is 27.5 Å². The third-order valence-electron chi connectivity index (χ3n) is 3.31. The van der Waals surface area contributed by atoms with Crippen LogP contribution in [0.2, 0.25) is 5.02 Å². The van der Waals surface area contributed by atoms with Crippen molar-refractivity contribution in [2.24, 2.45) is 0 Å². The Morgan fingerprint density at radius 3 is 1.82 bits per heavy atom. The summed E-state index contributed by atoms with van der Waals surface area (Å²) >= 11 is 8.45. The summed E-state index contributed by atoms with van der Waals surface area (Å²) in [4.78, 5) is 30.0. The topological polar surface area (TPSA) is 141 Å². The van der Waals surface area contributed by atoms with Gasteiger partial charge < -0.3 is 5.32 Å². The van der Waals surface area contributed by atoms with Crippen molar-refractivity contribution in [2.45, 2.75) is 6.18 Å². The Balaban J connectivity index is 2.69. The summed E-state index contributed by atoms with van der Waals surface area (Å²) in [5.41, 5.74) is -5.24. The SMILES string of the molecule is O=[N+]([O-])c1cc([N+](=O)[O-])c(Nc2cc(Br)c(C(F)(F)F)cc2Cl)c([N+](=O)[O-])c1. The Kier molecular flexibility index (Phi) is 5.75. The van der Waals surface area contributed by atoms with Gasteiger partial charge in [0.05, 0.1) is 43.2 Å². The van der Waals surface area contributed by atoms with Crippen molar-refractivity contribution in [2.75, 3.05) is 5.32 Å². The van der Waals surface area contributed by atoms with Gasteiger partial charge >= 0.3 is 17.6 Å². The number of nitrogens with one attached hydrogen (secondary N) is 1. The Morgan fingerprint density at radius 2 is 1.43 bits per heavy atom. The Labute approximate surface area is 165 Å². The smallest absolute Gasteiger partial charge is 0.343 e. The lowest BCUT2D eigenvalue weighted by Gasteiger charge is -2.14. The zero-order valence-electron chi connectivity index (χ0n) is 13.0. The predicted octanol–water partition coefficient (Wildman–Crippen LogP) is 5.59. The quantitative estimate of drug-likeness (QED) is 0.430. The Morgan fingerprint density at radius 1 is 0.929 bits per heavy atom. The van der Waals surface area contributed by atoms with Crippen LogP contribution in [-0.4, -0.2) is 14.8 Å². The summed E-state index contributed by atoms with van der Waals surface area (Å²) in [5.74, 6) is 0. The van der Waals surface area contributed by atoms with E-state index in [9.17, 15) is 43.5 Å². The summed E-state index contributed by atoms with van der Waals surface area (Å²) in [6.07, 6.45) is -4.76. The minimum absolute atomic E-state index is 0.332. The monoisotopic (exact) mass is 484 g/mol. The molecule has 0 aromatic heterocycles. The number of rotatable bonds is 5. The lowest BCUT2D eigenvalue weighted by molar-refractivity contribution is -0.401. The van der Waals surface area contributed by atoms with Crippen molar-refractivity contribution in [3.63, 3.8) is 0 Å². The molecule has 0 bridgehead atoms. The molecule has 15 heteroatoms. The number of nitro benzene ring substituents is 3. The molecule has 1 N–H and O–H groups in total. The summed E-state index contributed by atoms with van der Waals surface area (Å²) in [5, 5.41) is 35.0. The molecule has 2 aromatic rings. The van der Waals surface area contributed by atoms with E-state index in [-0.39, 0.29) is 5.69 Å². The van der Waals surface area contributed by atoms with Crippen LogP contribution >= 0.6 is 27.5 Å². The van der Waals surface area contributed by atoms with Crippen molar-refractivity contribution in [3.8, 4) is 0 Å². The van der Waals surface area contributed by atoms with Gasteiger partial charge in [0.15, 0.2) is 5.69 Å². The molecule has 0 saturated heterocycles. The van der Waals surface area contributed by atoms with Crippen LogP contribution in [0.3, 0.4) is 0 Å². The molecule has 2 rings (SSSR count). The number of hydrogen-bond donors (Lipinski definition) is 1. The molecule has 10 nitrogen and oxygen atoms in total. The highest BCUT2D eigenvalue weighted by molar-refractivity contribution is 9.10. The number of non-ortho nitro benzene ring substituents is 1. The van der Waals surface area contributed by atoms with Crippen molar-refractivity contribution < 1.29 is 27.9 Å². The van der Waals surface area contributed by atoms with Crippen molar-refractivity contribution >= 4 is 56.0 Å². The number of anilines is 2. The highest BCUT2D eigenvalue weighted by Crippen LogP contribution is 2.44. The number of benzene rings is 2. The zero-order valence-corrected chi connectivity index (χ0v) is 15.3. The minimum Gasteiger partial charge on any atom is -0.343 e. The van der Waals surface area contributed by atoms with Gasteiger partial charge in [-0.2, -0.15) is 13.2 Å². The van der Waals surface area contributed by atoms with E-state index in [0.717, 1.165) is 6.07 Å². The third-order valence-corrected chi connectivity index (χ3v) is 4.28. The number of nitrogens with zero attached hydrogens (tertiary/aromatic N) is 3. The van der Waals surface area contributed by atoms with Crippen LogP contribution in [0.25, 0.3) is 0 Å². The fraction of sp³-hybridized carbons (Fsp3) is 0.0769. The maximum Gasteiger partial charge on any atom is 0.417 e. The van der Waals surface area contributed by atoms with E-state index in [2.05, 4.69) is 21.2 Å². The van der Waals surface area contributed by atoms with Gasteiger partial charge in [-0.25, -0.2) is 0 Å². The van der Waals surface area contributed by atoms with Crippen LogP contribution < -0.4 is 5.32 Å². The summed E-state index contributed by atoms with van der Waals surface area (Å²) in [6.45, 7) is 0. The van der Waals surface area contributed by atoms with Gasteiger partial charge in [0.1, 0.15) is 0 Å². The molecule has 0 aliphatic rings. The molecule has 0 radical (unpaired) electrons. The lowest BCUT2D eigenvalue weighted by atomic mass is 10.1. The normalized spacial score (nSPS) is 11.2. The largest absolute Gasteiger partial charge is 0.417 e. The fourth-order valence-corrected chi connectivity index (χ4v) is 2.89. The first-order valence-corrected chi connectivity index (χ1v) is 7.94. The first-order chi connectivity index (χ1) is 12.8. The Bertz CT molecular complexity index is 981. The summed E-state index contributed by atoms with van der Waals surface area (Å²) < 4.78 is 38.2. The molecule has 0 aliphatic carbocycles. The summed E-state index contributed by atoms with van der Waals surface area (Å²) in [7, 11) is 0.